The summed E-state index contributed by atoms with van der Waals surface area (Å²) >= 11 is 0. The molecule has 2 aliphatic heterocycles. The Morgan fingerprint density at radius 3 is 2.87 bits per heavy atom. The lowest BCUT2D eigenvalue weighted by Gasteiger charge is -2.28. The lowest BCUT2D eigenvalue weighted by molar-refractivity contribution is -0.122. The van der Waals surface area contributed by atoms with Gasteiger partial charge in [0.1, 0.15) is 0 Å². The number of fused-ring (bicyclic) bond motifs is 3. The number of hydrogen-bond donors (Lipinski definition) is 2. The molecule has 0 unspecified atom stereocenters. The molecule has 0 bridgehead atoms. The largest absolute Gasteiger partial charge is 0.454 e. The molecule has 7 heteroatoms. The molecule has 0 saturated carbocycles. The number of ether oxygens (including phenoxy) is 2. The van der Waals surface area contributed by atoms with Crippen LogP contribution in [0, 0.1) is 13.8 Å². The maximum Gasteiger partial charge on any atom is 0.234 e. The second-order valence-electron chi connectivity index (χ2n) is 8.34. The Bertz CT molecular complexity index is 1250. The molecule has 3 aromatic rings. The predicted molar refractivity (Wildman–Crippen MR) is 117 cm³/mol. The summed E-state index contributed by atoms with van der Waals surface area (Å²) in [7, 11) is 0. The summed E-state index contributed by atoms with van der Waals surface area (Å²) in [6, 6.07) is 9.68. The Morgan fingerprint density at radius 2 is 2.00 bits per heavy atom. The van der Waals surface area contributed by atoms with E-state index in [9.17, 15) is 9.59 Å². The van der Waals surface area contributed by atoms with Crippen LogP contribution in [0.25, 0.3) is 10.9 Å². The summed E-state index contributed by atoms with van der Waals surface area (Å²) in [5.41, 5.74) is 5.86. The zero-order valence-corrected chi connectivity index (χ0v) is 17.7. The van der Waals surface area contributed by atoms with E-state index in [1.165, 1.54) is 0 Å². The number of carbonyl (C=O) groups is 1. The number of nitrogens with one attached hydrogen (secondary N) is 2. The summed E-state index contributed by atoms with van der Waals surface area (Å²) < 4.78 is 10.7. The fourth-order valence-corrected chi connectivity index (χ4v) is 4.44. The summed E-state index contributed by atoms with van der Waals surface area (Å²) in [5, 5.41) is 3.68. The van der Waals surface area contributed by atoms with Crippen LogP contribution in [0.1, 0.15) is 27.9 Å². The van der Waals surface area contributed by atoms with E-state index >= 15 is 0 Å². The van der Waals surface area contributed by atoms with Gasteiger partial charge in [-0.05, 0) is 48.7 Å². The maximum absolute atomic E-state index is 13.1. The number of H-pyrrole nitrogens is 1. The van der Waals surface area contributed by atoms with E-state index in [2.05, 4.69) is 16.4 Å². The predicted octanol–water partition coefficient (Wildman–Crippen LogP) is 2.55. The minimum atomic E-state index is -0.0648. The average molecular weight is 419 g/mol. The summed E-state index contributed by atoms with van der Waals surface area (Å²) in [6.45, 7) is 6.15. The van der Waals surface area contributed by atoms with Crippen molar-refractivity contribution in [1.29, 1.82) is 0 Å². The molecule has 0 fully saturated rings. The van der Waals surface area contributed by atoms with E-state index in [0.29, 0.717) is 18.8 Å². The smallest absolute Gasteiger partial charge is 0.234 e. The highest BCUT2D eigenvalue weighted by molar-refractivity contribution is 5.83. The molecular formula is C24H25N3O4. The van der Waals surface area contributed by atoms with Crippen molar-refractivity contribution in [3.05, 3.63) is 68.5 Å². The van der Waals surface area contributed by atoms with Crippen molar-refractivity contribution >= 4 is 16.8 Å². The molecule has 7 nitrogen and oxygen atoms in total. The van der Waals surface area contributed by atoms with Crippen LogP contribution in [0.15, 0.2) is 35.1 Å². The van der Waals surface area contributed by atoms with Crippen molar-refractivity contribution in [2.45, 2.75) is 33.4 Å². The molecule has 0 spiro atoms. The standard InChI is InChI=1S/C24H25N3O4/c1-14-7-15(2)23-17(8-14)24(29)18-11-27(6-5-19(18)26-23)12-22(28)25-10-16-3-4-20-21(9-16)31-13-30-20/h3-4,7-9H,5-6,10-13H2,1-2H3,(H,25,28)(H,26,29). The highest BCUT2D eigenvalue weighted by Gasteiger charge is 2.23. The molecule has 0 aliphatic carbocycles. The van der Waals surface area contributed by atoms with Gasteiger partial charge in [-0.3, -0.25) is 14.5 Å². The normalized spacial score (nSPS) is 15.2. The second-order valence-corrected chi connectivity index (χ2v) is 8.34. The number of amides is 1. The molecule has 0 radical (unpaired) electrons. The van der Waals surface area contributed by atoms with Gasteiger partial charge >= 0.3 is 0 Å². The monoisotopic (exact) mass is 419 g/mol. The lowest BCUT2D eigenvalue weighted by atomic mass is 9.99. The molecule has 160 valence electrons. The minimum Gasteiger partial charge on any atom is -0.454 e. The van der Waals surface area contributed by atoms with E-state index in [0.717, 1.165) is 57.6 Å². The fourth-order valence-electron chi connectivity index (χ4n) is 4.44. The number of carbonyl (C=O) groups excluding carboxylic acids is 1. The first kappa shape index (κ1) is 19.6. The van der Waals surface area contributed by atoms with Gasteiger partial charge in [-0.2, -0.15) is 0 Å². The Morgan fingerprint density at radius 1 is 1.16 bits per heavy atom. The highest BCUT2D eigenvalue weighted by atomic mass is 16.7. The van der Waals surface area contributed by atoms with Gasteiger partial charge in [-0.1, -0.05) is 12.1 Å². The number of pyridine rings is 1. The second kappa shape index (κ2) is 7.74. The van der Waals surface area contributed by atoms with Gasteiger partial charge in [0.25, 0.3) is 0 Å². The molecule has 2 N–H and O–H groups in total. The topological polar surface area (TPSA) is 83.7 Å². The molecular weight excluding hydrogens is 394 g/mol. The maximum atomic E-state index is 13.1. The number of aryl methyl sites for hydroxylation is 2. The number of aromatic nitrogens is 1. The first-order valence-corrected chi connectivity index (χ1v) is 10.5. The first-order chi connectivity index (χ1) is 15.0. The molecule has 31 heavy (non-hydrogen) atoms. The molecule has 1 amide bonds. The van der Waals surface area contributed by atoms with Crippen LogP contribution >= 0.6 is 0 Å². The quantitative estimate of drug-likeness (QED) is 0.679. The number of rotatable bonds is 4. The first-order valence-electron chi connectivity index (χ1n) is 10.5. The van der Waals surface area contributed by atoms with Crippen LogP contribution < -0.4 is 20.2 Å². The molecule has 0 atom stereocenters. The molecule has 2 aromatic carbocycles. The van der Waals surface area contributed by atoms with Crippen molar-refractivity contribution in [2.75, 3.05) is 19.9 Å². The van der Waals surface area contributed by atoms with Gasteiger partial charge in [0, 0.05) is 42.7 Å². The van der Waals surface area contributed by atoms with Gasteiger partial charge in [-0.25, -0.2) is 0 Å². The Labute approximate surface area is 180 Å². The SMILES string of the molecule is Cc1cc(C)c2[nH]c3c(c(=O)c2c1)CN(CC(=O)NCc1ccc2c(c1)OCO2)CC3. The van der Waals surface area contributed by atoms with E-state index in [-0.39, 0.29) is 24.7 Å². The van der Waals surface area contributed by atoms with Crippen LogP contribution in [0.4, 0.5) is 0 Å². The third-order valence-corrected chi connectivity index (χ3v) is 5.99. The number of nitrogens with zero attached hydrogens (tertiary/aromatic N) is 1. The number of hydrogen-bond acceptors (Lipinski definition) is 5. The van der Waals surface area contributed by atoms with E-state index in [4.69, 9.17) is 9.47 Å². The molecule has 0 saturated heterocycles. The number of benzene rings is 2. The van der Waals surface area contributed by atoms with Crippen molar-refractivity contribution in [1.82, 2.24) is 15.2 Å². The highest BCUT2D eigenvalue weighted by Crippen LogP contribution is 2.32. The van der Waals surface area contributed by atoms with Gasteiger partial charge in [0.15, 0.2) is 16.9 Å². The fraction of sp³-hybridized carbons (Fsp3) is 0.333. The molecule has 5 rings (SSSR count). The summed E-state index contributed by atoms with van der Waals surface area (Å²) in [5.74, 6) is 1.37. The Balaban J connectivity index is 1.27. The van der Waals surface area contributed by atoms with E-state index < -0.39 is 0 Å². The van der Waals surface area contributed by atoms with Crippen molar-refractivity contribution < 1.29 is 14.3 Å². The number of aromatic amines is 1. The van der Waals surface area contributed by atoms with E-state index in [1.807, 2.05) is 43.0 Å². The molecule has 3 heterocycles. The van der Waals surface area contributed by atoms with Crippen LogP contribution in [0.5, 0.6) is 11.5 Å². The zero-order chi connectivity index (χ0) is 21.5. The third-order valence-electron chi connectivity index (χ3n) is 5.99. The van der Waals surface area contributed by atoms with Crippen LogP contribution in [0.2, 0.25) is 0 Å². The molecule has 2 aliphatic rings. The zero-order valence-electron chi connectivity index (χ0n) is 17.7. The van der Waals surface area contributed by atoms with Gasteiger partial charge in [0.05, 0.1) is 12.1 Å². The molecule has 1 aromatic heterocycles. The summed E-state index contributed by atoms with van der Waals surface area (Å²) in [4.78, 5) is 31.2. The van der Waals surface area contributed by atoms with Crippen LogP contribution in [-0.4, -0.2) is 35.7 Å². The minimum absolute atomic E-state index is 0.0648. The van der Waals surface area contributed by atoms with Gasteiger partial charge < -0.3 is 19.8 Å². The van der Waals surface area contributed by atoms with E-state index in [1.54, 1.807) is 0 Å². The van der Waals surface area contributed by atoms with Gasteiger partial charge in [0.2, 0.25) is 12.7 Å². The van der Waals surface area contributed by atoms with Gasteiger partial charge in [-0.15, -0.1) is 0 Å². The van der Waals surface area contributed by atoms with Crippen LogP contribution in [-0.2, 0) is 24.3 Å². The van der Waals surface area contributed by atoms with Crippen molar-refractivity contribution in [2.24, 2.45) is 0 Å². The Hall–Kier alpha value is -3.32. The van der Waals surface area contributed by atoms with Crippen molar-refractivity contribution in [3.8, 4) is 11.5 Å². The Kier molecular flexibility index (Phi) is 4.90. The third kappa shape index (κ3) is 3.77. The van der Waals surface area contributed by atoms with Crippen molar-refractivity contribution in [3.63, 3.8) is 0 Å². The van der Waals surface area contributed by atoms with Crippen LogP contribution in [0.3, 0.4) is 0 Å². The summed E-state index contributed by atoms with van der Waals surface area (Å²) in [6.07, 6.45) is 0.725. The average Bonchev–Trinajstić information content (AvgIpc) is 3.21. The lowest BCUT2D eigenvalue weighted by Crippen LogP contribution is -2.41.